The Balaban J connectivity index is 0.955. The Morgan fingerprint density at radius 3 is 1.85 bits per heavy atom. The Bertz CT molecular complexity index is 3580. The van der Waals surface area contributed by atoms with Gasteiger partial charge < -0.3 is 4.42 Å². The minimum atomic E-state index is 0.678. The molecule has 0 atom stereocenters. The van der Waals surface area contributed by atoms with Gasteiger partial charge in [-0.3, -0.25) is 4.98 Å². The van der Waals surface area contributed by atoms with Crippen molar-refractivity contribution in [1.82, 2.24) is 15.0 Å². The third kappa shape index (κ3) is 5.70. The summed E-state index contributed by atoms with van der Waals surface area (Å²) in [5, 5.41) is 5.91. The van der Waals surface area contributed by atoms with Crippen LogP contribution in [0, 0.1) is 0 Å². The van der Waals surface area contributed by atoms with E-state index in [1.165, 1.54) is 25.7 Å². The molecule has 4 nitrogen and oxygen atoms in total. The van der Waals surface area contributed by atoms with Crippen molar-refractivity contribution >= 4 is 64.4 Å². The van der Waals surface area contributed by atoms with Crippen molar-refractivity contribution in [3.8, 4) is 67.3 Å². The molecular weight excluding hydrogens is 751 g/mol. The SMILES string of the molecule is c1ccc(-c2cc(-c3ccc(-c4ccc(-c5cccc6c5sc5ccccc56)c5oc6ccccc6c45)cc3)nc(-c3ccc(-c4cccc5ncccc45)cc3)n2)cc1. The molecule has 0 aliphatic carbocycles. The van der Waals surface area contributed by atoms with Crippen molar-refractivity contribution in [2.75, 3.05) is 0 Å². The first-order chi connectivity index (χ1) is 29.7. The van der Waals surface area contributed by atoms with Crippen molar-refractivity contribution in [3.05, 3.63) is 200 Å². The van der Waals surface area contributed by atoms with Crippen LogP contribution in [0.4, 0.5) is 0 Å². The number of benzene rings is 8. The van der Waals surface area contributed by atoms with Crippen molar-refractivity contribution in [2.45, 2.75) is 0 Å². The number of thiophene rings is 1. The molecule has 280 valence electrons. The summed E-state index contributed by atoms with van der Waals surface area (Å²) in [4.78, 5) is 14.9. The Morgan fingerprint density at radius 2 is 1.02 bits per heavy atom. The van der Waals surface area contributed by atoms with Gasteiger partial charge in [-0.1, -0.05) is 158 Å². The highest BCUT2D eigenvalue weighted by atomic mass is 32.1. The zero-order valence-corrected chi connectivity index (χ0v) is 33.0. The molecule has 4 aromatic heterocycles. The van der Waals surface area contributed by atoms with E-state index >= 15 is 0 Å². The number of aromatic nitrogens is 3. The summed E-state index contributed by atoms with van der Waals surface area (Å²) in [7, 11) is 0. The van der Waals surface area contributed by atoms with E-state index in [4.69, 9.17) is 14.4 Å². The quantitative estimate of drug-likeness (QED) is 0.169. The number of para-hydroxylation sites is 1. The third-order valence-corrected chi connectivity index (χ3v) is 12.8. The Labute approximate surface area is 349 Å². The minimum absolute atomic E-state index is 0.678. The van der Waals surface area contributed by atoms with E-state index in [9.17, 15) is 0 Å². The standard InChI is InChI=1S/C55H33N3OS/c1-2-11-36(12-3-1)48-33-49(58-55(57-48)38-28-24-34(25-29-38)39-15-9-19-47-41(39)18-10-32-56-47)37-26-22-35(23-27-37)40-30-31-43(53-52(40)46-14-4-6-20-50(46)59-53)45-17-8-16-44-42-13-5-7-21-51(42)60-54(44)45/h1-33H. The molecule has 5 heteroatoms. The van der Waals surface area contributed by atoms with Crippen LogP contribution < -0.4 is 0 Å². The average Bonchev–Trinajstić information content (AvgIpc) is 3.91. The lowest BCUT2D eigenvalue weighted by Gasteiger charge is -2.12. The number of nitrogens with zero attached hydrogens (tertiary/aromatic N) is 3. The molecule has 0 spiro atoms. The highest BCUT2D eigenvalue weighted by Crippen LogP contribution is 2.46. The molecule has 60 heavy (non-hydrogen) atoms. The molecule has 0 aliphatic rings. The smallest absolute Gasteiger partial charge is 0.160 e. The second-order valence-electron chi connectivity index (χ2n) is 15.1. The molecule has 0 saturated heterocycles. The van der Waals surface area contributed by atoms with Crippen molar-refractivity contribution in [2.24, 2.45) is 0 Å². The molecule has 12 aromatic rings. The Kier molecular flexibility index (Phi) is 8.00. The van der Waals surface area contributed by atoms with Gasteiger partial charge in [-0.15, -0.1) is 11.3 Å². The van der Waals surface area contributed by atoms with Gasteiger partial charge in [0.05, 0.1) is 16.9 Å². The molecule has 0 bridgehead atoms. The highest BCUT2D eigenvalue weighted by molar-refractivity contribution is 7.26. The van der Waals surface area contributed by atoms with E-state index in [1.807, 2.05) is 47.9 Å². The molecule has 0 radical (unpaired) electrons. The van der Waals surface area contributed by atoms with E-state index < -0.39 is 0 Å². The Hall–Kier alpha value is -7.73. The molecule has 0 fully saturated rings. The fourth-order valence-corrected chi connectivity index (χ4v) is 9.93. The average molecular weight is 784 g/mol. The summed E-state index contributed by atoms with van der Waals surface area (Å²) >= 11 is 1.84. The minimum Gasteiger partial charge on any atom is -0.455 e. The zero-order valence-electron chi connectivity index (χ0n) is 32.2. The van der Waals surface area contributed by atoms with Gasteiger partial charge in [-0.05, 0) is 58.7 Å². The van der Waals surface area contributed by atoms with Crippen LogP contribution in [-0.4, -0.2) is 15.0 Å². The topological polar surface area (TPSA) is 51.8 Å². The van der Waals surface area contributed by atoms with Crippen molar-refractivity contribution in [3.63, 3.8) is 0 Å². The predicted octanol–water partition coefficient (Wildman–Crippen LogP) is 15.3. The molecule has 0 aliphatic heterocycles. The van der Waals surface area contributed by atoms with Crippen LogP contribution in [0.5, 0.6) is 0 Å². The molecule has 8 aromatic carbocycles. The zero-order chi connectivity index (χ0) is 39.6. The maximum Gasteiger partial charge on any atom is 0.160 e. The second kappa shape index (κ2) is 14.0. The number of rotatable bonds is 6. The van der Waals surface area contributed by atoms with Gasteiger partial charge in [0.1, 0.15) is 11.2 Å². The van der Waals surface area contributed by atoms with E-state index in [0.29, 0.717) is 5.82 Å². The van der Waals surface area contributed by atoms with Crippen LogP contribution in [0.25, 0.3) is 120 Å². The summed E-state index contributed by atoms with van der Waals surface area (Å²) in [6, 6.07) is 68.2. The van der Waals surface area contributed by atoms with E-state index in [1.54, 1.807) is 0 Å². The van der Waals surface area contributed by atoms with Crippen LogP contribution in [0.15, 0.2) is 205 Å². The number of hydrogen-bond donors (Lipinski definition) is 0. The van der Waals surface area contributed by atoms with Crippen molar-refractivity contribution in [1.29, 1.82) is 0 Å². The van der Waals surface area contributed by atoms with Crippen LogP contribution in [0.1, 0.15) is 0 Å². The first-order valence-electron chi connectivity index (χ1n) is 20.1. The fraction of sp³-hybridized carbons (Fsp3) is 0. The molecule has 0 amide bonds. The summed E-state index contributed by atoms with van der Waals surface area (Å²) in [5.41, 5.74) is 14.3. The Morgan fingerprint density at radius 1 is 0.400 bits per heavy atom. The van der Waals surface area contributed by atoms with Gasteiger partial charge in [-0.25, -0.2) is 9.97 Å². The monoisotopic (exact) mass is 783 g/mol. The molecular formula is C55H33N3OS. The first-order valence-corrected chi connectivity index (χ1v) is 20.9. The summed E-state index contributed by atoms with van der Waals surface area (Å²) in [6.07, 6.45) is 1.84. The number of fused-ring (bicyclic) bond motifs is 7. The van der Waals surface area contributed by atoms with Gasteiger partial charge in [0.2, 0.25) is 0 Å². The van der Waals surface area contributed by atoms with Gasteiger partial charge in [0, 0.05) is 70.3 Å². The molecule has 0 N–H and O–H groups in total. The maximum absolute atomic E-state index is 6.76. The molecule has 4 heterocycles. The maximum atomic E-state index is 6.76. The largest absolute Gasteiger partial charge is 0.455 e. The van der Waals surface area contributed by atoms with Gasteiger partial charge >= 0.3 is 0 Å². The van der Waals surface area contributed by atoms with Crippen LogP contribution in [0.3, 0.4) is 0 Å². The first kappa shape index (κ1) is 34.3. The summed E-state index contributed by atoms with van der Waals surface area (Å²) in [5.74, 6) is 0.678. The predicted molar refractivity (Wildman–Crippen MR) is 250 cm³/mol. The van der Waals surface area contributed by atoms with Crippen LogP contribution in [0.2, 0.25) is 0 Å². The lowest BCUT2D eigenvalue weighted by Crippen LogP contribution is -1.96. The normalized spacial score (nSPS) is 11.7. The van der Waals surface area contributed by atoms with E-state index in [2.05, 4.69) is 169 Å². The molecule has 0 saturated carbocycles. The summed E-state index contributed by atoms with van der Waals surface area (Å²) < 4.78 is 9.32. The van der Waals surface area contributed by atoms with E-state index in [-0.39, 0.29) is 0 Å². The second-order valence-corrected chi connectivity index (χ2v) is 16.2. The van der Waals surface area contributed by atoms with Gasteiger partial charge in [-0.2, -0.15) is 0 Å². The van der Waals surface area contributed by atoms with E-state index in [0.717, 1.165) is 88.7 Å². The lowest BCUT2D eigenvalue weighted by atomic mass is 9.93. The number of pyridine rings is 1. The third-order valence-electron chi connectivity index (χ3n) is 11.6. The van der Waals surface area contributed by atoms with Gasteiger partial charge in [0.25, 0.3) is 0 Å². The summed E-state index contributed by atoms with van der Waals surface area (Å²) in [6.45, 7) is 0. The van der Waals surface area contributed by atoms with Crippen LogP contribution >= 0.6 is 11.3 Å². The number of furan rings is 1. The lowest BCUT2D eigenvalue weighted by molar-refractivity contribution is 0.670. The fourth-order valence-electron chi connectivity index (χ4n) is 8.70. The highest BCUT2D eigenvalue weighted by Gasteiger charge is 2.20. The van der Waals surface area contributed by atoms with Crippen molar-refractivity contribution < 1.29 is 4.42 Å². The van der Waals surface area contributed by atoms with Crippen LogP contribution in [-0.2, 0) is 0 Å². The molecule has 12 rings (SSSR count). The number of hydrogen-bond acceptors (Lipinski definition) is 5. The van der Waals surface area contributed by atoms with Gasteiger partial charge in [0.15, 0.2) is 5.82 Å². The molecule has 0 unspecified atom stereocenters.